The van der Waals surface area contributed by atoms with Gasteiger partial charge in [0.05, 0.1) is 6.20 Å². The third-order valence-electron chi connectivity index (χ3n) is 2.27. The highest BCUT2D eigenvalue weighted by atomic mass is 32.2. The molecule has 0 amide bonds. The normalized spacial score (nSPS) is 14.9. The fraction of sp³-hybridized carbons (Fsp3) is 0.636. The maximum Gasteiger partial charge on any atom is 0.115 e. The van der Waals surface area contributed by atoms with Crippen LogP contribution in [0.5, 0.6) is 0 Å². The number of nitrogens with one attached hydrogen (secondary N) is 1. The highest BCUT2D eigenvalue weighted by molar-refractivity contribution is 7.99. The molecular formula is C11H19N3S. The Kier molecular flexibility index (Phi) is 5.65. The molecule has 0 aromatic carbocycles. The molecule has 0 aliphatic heterocycles. The van der Waals surface area contributed by atoms with E-state index < -0.39 is 0 Å². The predicted octanol–water partition coefficient (Wildman–Crippen LogP) is 2.35. The topological polar surface area (TPSA) is 37.8 Å². The smallest absolute Gasteiger partial charge is 0.115 e. The average Bonchev–Trinajstić information content (AvgIpc) is 2.27. The quantitative estimate of drug-likeness (QED) is 0.754. The van der Waals surface area contributed by atoms with Crippen LogP contribution in [0.4, 0.5) is 0 Å². The van der Waals surface area contributed by atoms with Gasteiger partial charge >= 0.3 is 0 Å². The lowest BCUT2D eigenvalue weighted by Gasteiger charge is -2.19. The van der Waals surface area contributed by atoms with Crippen LogP contribution in [0.2, 0.25) is 0 Å². The molecule has 0 fully saturated rings. The van der Waals surface area contributed by atoms with Crippen LogP contribution >= 0.6 is 11.8 Å². The van der Waals surface area contributed by atoms with Crippen LogP contribution in [0.15, 0.2) is 23.6 Å². The molecule has 4 heteroatoms. The van der Waals surface area contributed by atoms with Gasteiger partial charge in [-0.15, -0.1) is 11.8 Å². The summed E-state index contributed by atoms with van der Waals surface area (Å²) < 4.78 is 0. The zero-order chi connectivity index (χ0) is 11.1. The molecule has 1 aromatic rings. The first-order valence-electron chi connectivity index (χ1n) is 5.40. The van der Waals surface area contributed by atoms with Crippen molar-refractivity contribution in [2.24, 2.45) is 0 Å². The van der Waals surface area contributed by atoms with Gasteiger partial charge in [-0.05, 0) is 19.9 Å². The van der Waals surface area contributed by atoms with Crippen LogP contribution in [0.1, 0.15) is 27.2 Å². The summed E-state index contributed by atoms with van der Waals surface area (Å²) in [7, 11) is 0. The molecule has 3 nitrogen and oxygen atoms in total. The Morgan fingerprint density at radius 1 is 1.40 bits per heavy atom. The third-order valence-corrected chi connectivity index (χ3v) is 3.50. The molecule has 0 saturated carbocycles. The first kappa shape index (κ1) is 12.5. The van der Waals surface area contributed by atoms with E-state index in [1.165, 1.54) is 6.42 Å². The molecule has 0 saturated heterocycles. The van der Waals surface area contributed by atoms with Crippen LogP contribution in [0.3, 0.4) is 0 Å². The van der Waals surface area contributed by atoms with E-state index >= 15 is 0 Å². The van der Waals surface area contributed by atoms with Gasteiger partial charge in [0.1, 0.15) is 5.03 Å². The number of nitrogens with zero attached hydrogens (tertiary/aromatic N) is 2. The largest absolute Gasteiger partial charge is 0.313 e. The molecule has 84 valence electrons. The molecule has 0 aliphatic carbocycles. The minimum absolute atomic E-state index is 0.497. The molecule has 0 bridgehead atoms. The summed E-state index contributed by atoms with van der Waals surface area (Å²) in [6.07, 6.45) is 6.42. The van der Waals surface area contributed by atoms with Crippen molar-refractivity contribution in [3.05, 3.63) is 18.6 Å². The fourth-order valence-electron chi connectivity index (χ4n) is 1.18. The van der Waals surface area contributed by atoms with Crippen molar-refractivity contribution in [2.75, 3.05) is 6.54 Å². The Hall–Kier alpha value is -0.610. The SMILES string of the molecule is CCCNC(C)C(C)Sc1cnccn1. The zero-order valence-corrected chi connectivity index (χ0v) is 10.4. The number of hydrogen-bond donors (Lipinski definition) is 1. The van der Waals surface area contributed by atoms with Gasteiger partial charge in [-0.2, -0.15) is 0 Å². The lowest BCUT2D eigenvalue weighted by molar-refractivity contribution is 0.542. The summed E-state index contributed by atoms with van der Waals surface area (Å²) in [4.78, 5) is 8.31. The Bertz CT molecular complexity index is 266. The Labute approximate surface area is 96.1 Å². The van der Waals surface area contributed by atoms with Crippen LogP contribution in [0, 0.1) is 0 Å². The number of rotatable bonds is 6. The summed E-state index contributed by atoms with van der Waals surface area (Å²) in [5.74, 6) is 0. The van der Waals surface area contributed by atoms with E-state index in [4.69, 9.17) is 0 Å². The highest BCUT2D eigenvalue weighted by Crippen LogP contribution is 2.21. The molecule has 2 unspecified atom stereocenters. The molecule has 1 N–H and O–H groups in total. The van der Waals surface area contributed by atoms with Gasteiger partial charge in [-0.1, -0.05) is 13.8 Å². The summed E-state index contributed by atoms with van der Waals surface area (Å²) in [6.45, 7) is 7.68. The van der Waals surface area contributed by atoms with Crippen LogP contribution < -0.4 is 5.32 Å². The second kappa shape index (κ2) is 6.80. The Balaban J connectivity index is 2.38. The highest BCUT2D eigenvalue weighted by Gasteiger charge is 2.12. The molecule has 1 heterocycles. The minimum Gasteiger partial charge on any atom is -0.313 e. The van der Waals surface area contributed by atoms with Crippen molar-refractivity contribution >= 4 is 11.8 Å². The molecule has 1 rings (SSSR count). The summed E-state index contributed by atoms with van der Waals surface area (Å²) in [6, 6.07) is 0.497. The van der Waals surface area contributed by atoms with Gasteiger partial charge in [-0.25, -0.2) is 4.98 Å². The average molecular weight is 225 g/mol. The van der Waals surface area contributed by atoms with E-state index in [2.05, 4.69) is 36.1 Å². The fourth-order valence-corrected chi connectivity index (χ4v) is 2.10. The van der Waals surface area contributed by atoms with Gasteiger partial charge in [0.25, 0.3) is 0 Å². The molecule has 0 aliphatic rings. The van der Waals surface area contributed by atoms with Crippen molar-refractivity contribution in [1.29, 1.82) is 0 Å². The number of thioether (sulfide) groups is 1. The standard InChI is InChI=1S/C11H19N3S/c1-4-5-13-9(2)10(3)15-11-8-12-6-7-14-11/h6-10,13H,4-5H2,1-3H3. The second-order valence-corrected chi connectivity index (χ2v) is 5.01. The second-order valence-electron chi connectivity index (χ2n) is 3.61. The molecule has 1 aromatic heterocycles. The molecule has 2 atom stereocenters. The van der Waals surface area contributed by atoms with Crippen molar-refractivity contribution < 1.29 is 0 Å². The van der Waals surface area contributed by atoms with Crippen LogP contribution in [0.25, 0.3) is 0 Å². The van der Waals surface area contributed by atoms with E-state index in [9.17, 15) is 0 Å². The molecule has 15 heavy (non-hydrogen) atoms. The van der Waals surface area contributed by atoms with Crippen LogP contribution in [-0.2, 0) is 0 Å². The van der Waals surface area contributed by atoms with Crippen molar-refractivity contribution in [2.45, 2.75) is 43.5 Å². The van der Waals surface area contributed by atoms with Gasteiger partial charge in [0.15, 0.2) is 0 Å². The summed E-state index contributed by atoms with van der Waals surface area (Å²) >= 11 is 1.77. The van der Waals surface area contributed by atoms with E-state index in [0.29, 0.717) is 11.3 Å². The molecule has 0 radical (unpaired) electrons. The maximum absolute atomic E-state index is 4.25. The van der Waals surface area contributed by atoms with Gasteiger partial charge in [0, 0.05) is 23.7 Å². The lowest BCUT2D eigenvalue weighted by Crippen LogP contribution is -2.34. The predicted molar refractivity (Wildman–Crippen MR) is 65.1 cm³/mol. The van der Waals surface area contributed by atoms with Gasteiger partial charge in [0.2, 0.25) is 0 Å². The van der Waals surface area contributed by atoms with Gasteiger partial charge < -0.3 is 5.32 Å². The van der Waals surface area contributed by atoms with E-state index in [1.807, 2.05) is 6.20 Å². The van der Waals surface area contributed by atoms with Crippen molar-refractivity contribution in [3.63, 3.8) is 0 Å². The molecular weight excluding hydrogens is 206 g/mol. The first-order chi connectivity index (χ1) is 7.24. The Morgan fingerprint density at radius 2 is 2.20 bits per heavy atom. The monoisotopic (exact) mass is 225 g/mol. The minimum atomic E-state index is 0.497. The lowest BCUT2D eigenvalue weighted by atomic mass is 10.2. The Morgan fingerprint density at radius 3 is 2.80 bits per heavy atom. The third kappa shape index (κ3) is 4.62. The summed E-state index contributed by atoms with van der Waals surface area (Å²) in [5, 5.41) is 4.99. The van der Waals surface area contributed by atoms with E-state index in [0.717, 1.165) is 11.6 Å². The molecule has 0 spiro atoms. The van der Waals surface area contributed by atoms with Crippen molar-refractivity contribution in [3.8, 4) is 0 Å². The van der Waals surface area contributed by atoms with Crippen LogP contribution in [-0.4, -0.2) is 27.8 Å². The summed E-state index contributed by atoms with van der Waals surface area (Å²) in [5.41, 5.74) is 0. The van der Waals surface area contributed by atoms with E-state index in [1.54, 1.807) is 24.2 Å². The first-order valence-corrected chi connectivity index (χ1v) is 6.28. The zero-order valence-electron chi connectivity index (χ0n) is 9.60. The van der Waals surface area contributed by atoms with E-state index in [-0.39, 0.29) is 0 Å². The number of hydrogen-bond acceptors (Lipinski definition) is 4. The van der Waals surface area contributed by atoms with Crippen molar-refractivity contribution in [1.82, 2.24) is 15.3 Å². The van der Waals surface area contributed by atoms with Gasteiger partial charge in [-0.3, -0.25) is 4.98 Å². The maximum atomic E-state index is 4.25. The number of aromatic nitrogens is 2.